The molecule has 0 amide bonds. The van der Waals surface area contributed by atoms with Crippen LogP contribution in [0.2, 0.25) is 0 Å². The van der Waals surface area contributed by atoms with Crippen molar-refractivity contribution >= 4 is 11.8 Å². The van der Waals surface area contributed by atoms with Gasteiger partial charge in [0, 0.05) is 36.1 Å². The van der Waals surface area contributed by atoms with Gasteiger partial charge in [0.15, 0.2) is 0 Å². The lowest BCUT2D eigenvalue weighted by Gasteiger charge is -2.23. The van der Waals surface area contributed by atoms with E-state index in [1.165, 1.54) is 23.6 Å². The topological polar surface area (TPSA) is 43.8 Å². The first-order valence-corrected chi connectivity index (χ1v) is 7.19. The van der Waals surface area contributed by atoms with E-state index < -0.39 is 0 Å². The van der Waals surface area contributed by atoms with Crippen LogP contribution in [-0.4, -0.2) is 27.6 Å². The van der Waals surface area contributed by atoms with Crippen LogP contribution in [0.5, 0.6) is 0 Å². The second-order valence-corrected chi connectivity index (χ2v) is 5.98. The number of hydrogen-bond acceptors (Lipinski definition) is 3. The number of rotatable bonds is 4. The van der Waals surface area contributed by atoms with Crippen LogP contribution in [0, 0.1) is 5.92 Å². The minimum absolute atomic E-state index is 0.438. The first-order valence-electron chi connectivity index (χ1n) is 6.03. The zero-order valence-electron chi connectivity index (χ0n) is 10.1. The molecule has 0 aromatic carbocycles. The molecule has 1 aliphatic heterocycles. The Morgan fingerprint density at radius 1 is 1.62 bits per heavy atom. The highest BCUT2D eigenvalue weighted by Gasteiger charge is 2.24. The van der Waals surface area contributed by atoms with Gasteiger partial charge in [-0.3, -0.25) is 0 Å². The van der Waals surface area contributed by atoms with Crippen molar-refractivity contribution in [2.24, 2.45) is 11.7 Å². The monoisotopic (exact) mass is 239 g/mol. The Bertz CT molecular complexity index is 329. The van der Waals surface area contributed by atoms with Crippen LogP contribution < -0.4 is 5.73 Å². The highest BCUT2D eigenvalue weighted by atomic mass is 32.2. The maximum atomic E-state index is 5.89. The molecule has 3 nitrogen and oxygen atoms in total. The zero-order chi connectivity index (χ0) is 11.5. The number of imidazole rings is 1. The third-order valence-corrected chi connectivity index (χ3v) is 4.58. The van der Waals surface area contributed by atoms with Crippen molar-refractivity contribution in [3.8, 4) is 0 Å². The molecule has 16 heavy (non-hydrogen) atoms. The van der Waals surface area contributed by atoms with Gasteiger partial charge < -0.3 is 10.3 Å². The van der Waals surface area contributed by atoms with Crippen LogP contribution in [-0.2, 0) is 0 Å². The van der Waals surface area contributed by atoms with E-state index in [1.807, 2.05) is 24.3 Å². The van der Waals surface area contributed by atoms with Crippen LogP contribution in [0.15, 0.2) is 12.5 Å². The summed E-state index contributed by atoms with van der Waals surface area (Å²) in [7, 11) is 0. The fraction of sp³-hybridized carbons (Fsp3) is 0.750. The lowest BCUT2D eigenvalue weighted by Crippen LogP contribution is -2.22. The van der Waals surface area contributed by atoms with Gasteiger partial charge in [-0.1, -0.05) is 13.8 Å². The summed E-state index contributed by atoms with van der Waals surface area (Å²) in [6.45, 7) is 5.18. The Labute approximate surface area is 102 Å². The van der Waals surface area contributed by atoms with Crippen LogP contribution in [0.25, 0.3) is 0 Å². The maximum Gasteiger partial charge on any atom is 0.0951 e. The zero-order valence-corrected chi connectivity index (χ0v) is 10.9. The summed E-state index contributed by atoms with van der Waals surface area (Å²) in [5.74, 6) is 3.51. The molecule has 2 atom stereocenters. The number of thioether (sulfide) groups is 1. The molecule has 2 rings (SSSR count). The fourth-order valence-corrected chi connectivity index (χ4v) is 3.59. The summed E-state index contributed by atoms with van der Waals surface area (Å²) >= 11 is 2.04. The van der Waals surface area contributed by atoms with Gasteiger partial charge in [-0.05, 0) is 18.1 Å². The quantitative estimate of drug-likeness (QED) is 0.876. The lowest BCUT2D eigenvalue weighted by atomic mass is 9.92. The van der Waals surface area contributed by atoms with Gasteiger partial charge in [0.25, 0.3) is 0 Å². The van der Waals surface area contributed by atoms with Crippen molar-refractivity contribution in [2.45, 2.75) is 32.2 Å². The third kappa shape index (κ3) is 2.28. The molecule has 0 bridgehead atoms. The van der Waals surface area contributed by atoms with Crippen LogP contribution in [0.3, 0.4) is 0 Å². The third-order valence-electron chi connectivity index (χ3n) is 3.43. The molecular formula is C12H21N3S. The van der Waals surface area contributed by atoms with Gasteiger partial charge in [0.05, 0.1) is 6.33 Å². The summed E-state index contributed by atoms with van der Waals surface area (Å²) in [4.78, 5) is 4.32. The van der Waals surface area contributed by atoms with Crippen molar-refractivity contribution in [3.63, 3.8) is 0 Å². The van der Waals surface area contributed by atoms with Gasteiger partial charge in [-0.15, -0.1) is 0 Å². The normalized spacial score (nSPS) is 22.9. The van der Waals surface area contributed by atoms with E-state index >= 15 is 0 Å². The van der Waals surface area contributed by atoms with E-state index in [4.69, 9.17) is 5.73 Å². The Morgan fingerprint density at radius 2 is 2.44 bits per heavy atom. The lowest BCUT2D eigenvalue weighted by molar-refractivity contribution is 0.447. The Morgan fingerprint density at radius 3 is 3.00 bits per heavy atom. The largest absolute Gasteiger partial charge is 0.330 e. The van der Waals surface area contributed by atoms with Crippen molar-refractivity contribution < 1.29 is 0 Å². The van der Waals surface area contributed by atoms with E-state index in [0.29, 0.717) is 24.4 Å². The SMILES string of the molecule is CC(C)C(CN)c1cncn1C1CCSC1. The van der Waals surface area contributed by atoms with Gasteiger partial charge in [-0.2, -0.15) is 11.8 Å². The summed E-state index contributed by atoms with van der Waals surface area (Å²) in [5, 5.41) is 0. The second kappa shape index (κ2) is 5.23. The Balaban J connectivity index is 2.23. The van der Waals surface area contributed by atoms with Crippen LogP contribution in [0.4, 0.5) is 0 Å². The highest BCUT2D eigenvalue weighted by molar-refractivity contribution is 7.99. The van der Waals surface area contributed by atoms with Gasteiger partial charge in [0.1, 0.15) is 0 Å². The predicted octanol–water partition coefficient (Wildman–Crippen LogP) is 2.26. The minimum atomic E-state index is 0.438. The fourth-order valence-electron chi connectivity index (χ4n) is 2.38. The molecule has 2 N–H and O–H groups in total. The van der Waals surface area contributed by atoms with E-state index in [2.05, 4.69) is 23.4 Å². The number of aromatic nitrogens is 2. The van der Waals surface area contributed by atoms with E-state index in [1.54, 1.807) is 0 Å². The molecule has 2 unspecified atom stereocenters. The molecule has 1 aromatic rings. The standard InChI is InChI=1S/C12H21N3S/c1-9(2)11(5-13)12-6-14-8-15(12)10-3-4-16-7-10/h6,8-11H,3-5,7,13H2,1-2H3. The van der Waals surface area contributed by atoms with Crippen LogP contribution >= 0.6 is 11.8 Å². The molecular weight excluding hydrogens is 218 g/mol. The molecule has 0 saturated carbocycles. The summed E-state index contributed by atoms with van der Waals surface area (Å²) < 4.78 is 2.36. The Kier molecular flexibility index (Phi) is 3.92. The van der Waals surface area contributed by atoms with E-state index in [0.717, 1.165) is 0 Å². The molecule has 0 aliphatic carbocycles. The smallest absolute Gasteiger partial charge is 0.0951 e. The van der Waals surface area contributed by atoms with Gasteiger partial charge in [-0.25, -0.2) is 4.98 Å². The van der Waals surface area contributed by atoms with Crippen LogP contribution in [0.1, 0.15) is 37.9 Å². The molecule has 0 radical (unpaired) electrons. The average molecular weight is 239 g/mol. The molecule has 1 fully saturated rings. The second-order valence-electron chi connectivity index (χ2n) is 4.83. The number of nitrogens with zero attached hydrogens (tertiary/aromatic N) is 2. The van der Waals surface area contributed by atoms with Crippen molar-refractivity contribution in [2.75, 3.05) is 18.1 Å². The highest BCUT2D eigenvalue weighted by Crippen LogP contribution is 2.32. The number of hydrogen-bond donors (Lipinski definition) is 1. The summed E-state index contributed by atoms with van der Waals surface area (Å²) in [6.07, 6.45) is 5.25. The average Bonchev–Trinajstić information content (AvgIpc) is 2.86. The van der Waals surface area contributed by atoms with Crippen molar-refractivity contribution in [3.05, 3.63) is 18.2 Å². The summed E-state index contributed by atoms with van der Waals surface area (Å²) in [6, 6.07) is 0.635. The van der Waals surface area contributed by atoms with Crippen molar-refractivity contribution in [1.29, 1.82) is 0 Å². The molecule has 0 spiro atoms. The summed E-state index contributed by atoms with van der Waals surface area (Å²) in [5.41, 5.74) is 7.21. The van der Waals surface area contributed by atoms with Gasteiger partial charge in [0.2, 0.25) is 0 Å². The maximum absolute atomic E-state index is 5.89. The minimum Gasteiger partial charge on any atom is -0.330 e. The first kappa shape index (κ1) is 12.0. The molecule has 1 saturated heterocycles. The molecule has 4 heteroatoms. The van der Waals surface area contributed by atoms with Gasteiger partial charge >= 0.3 is 0 Å². The van der Waals surface area contributed by atoms with Crippen molar-refractivity contribution in [1.82, 2.24) is 9.55 Å². The van der Waals surface area contributed by atoms with E-state index in [9.17, 15) is 0 Å². The first-order chi connectivity index (χ1) is 7.74. The molecule has 1 aliphatic rings. The van der Waals surface area contributed by atoms with E-state index in [-0.39, 0.29) is 0 Å². The predicted molar refractivity (Wildman–Crippen MR) is 69.8 cm³/mol. The molecule has 90 valence electrons. The molecule has 2 heterocycles. The molecule has 1 aromatic heterocycles. The Hall–Kier alpha value is -0.480. The number of nitrogens with two attached hydrogens (primary N) is 1.